The minimum absolute atomic E-state index is 0.663. The van der Waals surface area contributed by atoms with Crippen LogP contribution in [0, 0.1) is 11.8 Å². The van der Waals surface area contributed by atoms with Gasteiger partial charge in [-0.3, -0.25) is 0 Å². The summed E-state index contributed by atoms with van der Waals surface area (Å²) in [4.78, 5) is 0. The Hall–Kier alpha value is -0.0500. The molecule has 2 unspecified atom stereocenters. The maximum atomic E-state index is 6.14. The fraction of sp³-hybridized carbons (Fsp3) is 0.625. The Morgan fingerprint density at radius 1 is 1.32 bits per heavy atom. The van der Waals surface area contributed by atoms with Crippen LogP contribution < -0.4 is 5.32 Å². The summed E-state index contributed by atoms with van der Waals surface area (Å²) in [6, 6.07) is 6.87. The van der Waals surface area contributed by atoms with Crippen molar-refractivity contribution in [1.29, 1.82) is 0 Å². The fourth-order valence-electron chi connectivity index (χ4n) is 3.11. The molecule has 0 heterocycles. The lowest BCUT2D eigenvalue weighted by atomic mass is 9.78. The van der Waals surface area contributed by atoms with Crippen molar-refractivity contribution in [3.63, 3.8) is 0 Å². The summed E-state index contributed by atoms with van der Waals surface area (Å²) in [5, 5.41) is 4.54. The van der Waals surface area contributed by atoms with Gasteiger partial charge >= 0.3 is 0 Å². The third kappa shape index (κ3) is 4.21. The number of hydrogen-bond donors (Lipinski definition) is 1. The molecule has 3 heteroatoms. The molecule has 1 aliphatic rings. The van der Waals surface area contributed by atoms with E-state index in [1.807, 2.05) is 12.1 Å². The zero-order valence-corrected chi connectivity index (χ0v) is 14.1. The molecule has 1 aliphatic carbocycles. The Balaban J connectivity index is 1.94. The van der Waals surface area contributed by atoms with Crippen molar-refractivity contribution in [3.8, 4) is 0 Å². The number of nitrogens with one attached hydrogen (secondary N) is 1. The van der Waals surface area contributed by atoms with Crippen LogP contribution in [-0.4, -0.2) is 6.04 Å². The lowest BCUT2D eigenvalue weighted by Crippen LogP contribution is -2.40. The molecule has 106 valence electrons. The van der Waals surface area contributed by atoms with E-state index in [2.05, 4.69) is 41.2 Å². The number of rotatable bonds is 4. The second kappa shape index (κ2) is 7.10. The van der Waals surface area contributed by atoms with Gasteiger partial charge in [0.15, 0.2) is 0 Å². The molecule has 2 atom stereocenters. The molecule has 0 spiro atoms. The quantitative estimate of drug-likeness (QED) is 0.770. The standard InChI is InChI=1S/C16H23BrClN/c1-11(2)13-5-3-4-6-16(13)19-10-12-7-8-14(17)15(18)9-12/h7-9,11,13,16,19H,3-6,10H2,1-2H3. The zero-order valence-electron chi connectivity index (χ0n) is 11.8. The predicted molar refractivity (Wildman–Crippen MR) is 86.6 cm³/mol. The van der Waals surface area contributed by atoms with Gasteiger partial charge in [0.25, 0.3) is 0 Å². The predicted octanol–water partition coefficient (Wildman–Crippen LogP) is 5.41. The summed E-state index contributed by atoms with van der Waals surface area (Å²) in [5.74, 6) is 1.59. The molecule has 0 amide bonds. The van der Waals surface area contributed by atoms with Crippen LogP contribution in [0.1, 0.15) is 45.1 Å². The van der Waals surface area contributed by atoms with Gasteiger partial charge in [-0.2, -0.15) is 0 Å². The summed E-state index contributed by atoms with van der Waals surface area (Å²) in [5.41, 5.74) is 1.27. The van der Waals surface area contributed by atoms with Crippen LogP contribution in [0.3, 0.4) is 0 Å². The first-order valence-electron chi connectivity index (χ1n) is 7.25. The van der Waals surface area contributed by atoms with E-state index in [1.54, 1.807) is 0 Å². The highest BCUT2D eigenvalue weighted by atomic mass is 79.9. The first-order chi connectivity index (χ1) is 9.08. The van der Waals surface area contributed by atoms with Gasteiger partial charge in [0.05, 0.1) is 5.02 Å². The highest BCUT2D eigenvalue weighted by Gasteiger charge is 2.26. The third-order valence-corrected chi connectivity index (χ3v) is 5.46. The van der Waals surface area contributed by atoms with Gasteiger partial charge in [0.1, 0.15) is 0 Å². The SMILES string of the molecule is CC(C)C1CCCCC1NCc1ccc(Br)c(Cl)c1. The summed E-state index contributed by atoms with van der Waals surface area (Å²) in [7, 11) is 0. The summed E-state index contributed by atoms with van der Waals surface area (Å²) < 4.78 is 0.968. The molecule has 19 heavy (non-hydrogen) atoms. The van der Waals surface area contributed by atoms with Gasteiger partial charge < -0.3 is 5.32 Å². The van der Waals surface area contributed by atoms with Gasteiger partial charge in [-0.1, -0.05) is 44.4 Å². The maximum absolute atomic E-state index is 6.14. The van der Waals surface area contributed by atoms with Crippen molar-refractivity contribution < 1.29 is 0 Å². The van der Waals surface area contributed by atoms with Crippen molar-refractivity contribution >= 4 is 27.5 Å². The Morgan fingerprint density at radius 2 is 2.05 bits per heavy atom. The summed E-state index contributed by atoms with van der Waals surface area (Å²) in [6.45, 7) is 5.61. The zero-order chi connectivity index (χ0) is 13.8. The second-order valence-electron chi connectivity index (χ2n) is 5.93. The molecule has 1 saturated carbocycles. The Morgan fingerprint density at radius 3 is 2.74 bits per heavy atom. The van der Waals surface area contributed by atoms with Crippen molar-refractivity contribution in [2.75, 3.05) is 0 Å². The molecule has 0 bridgehead atoms. The lowest BCUT2D eigenvalue weighted by molar-refractivity contribution is 0.204. The topological polar surface area (TPSA) is 12.0 Å². The first kappa shape index (κ1) is 15.3. The van der Waals surface area contributed by atoms with Crippen LogP contribution in [-0.2, 0) is 6.54 Å². The minimum Gasteiger partial charge on any atom is -0.310 e. The van der Waals surface area contributed by atoms with E-state index >= 15 is 0 Å². The average molecular weight is 345 g/mol. The van der Waals surface area contributed by atoms with E-state index in [0.717, 1.165) is 27.9 Å². The van der Waals surface area contributed by atoms with Crippen LogP contribution in [0.2, 0.25) is 5.02 Å². The molecule has 0 radical (unpaired) electrons. The molecule has 0 aliphatic heterocycles. The normalized spacial score (nSPS) is 23.8. The second-order valence-corrected chi connectivity index (χ2v) is 7.19. The minimum atomic E-state index is 0.663. The monoisotopic (exact) mass is 343 g/mol. The molecule has 1 N–H and O–H groups in total. The number of hydrogen-bond acceptors (Lipinski definition) is 1. The third-order valence-electron chi connectivity index (χ3n) is 4.23. The van der Waals surface area contributed by atoms with Gasteiger partial charge in [-0.25, -0.2) is 0 Å². The molecule has 1 nitrogen and oxygen atoms in total. The largest absolute Gasteiger partial charge is 0.310 e. The van der Waals surface area contributed by atoms with Crippen LogP contribution >= 0.6 is 27.5 Å². The smallest absolute Gasteiger partial charge is 0.0551 e. The average Bonchev–Trinajstić information content (AvgIpc) is 2.40. The summed E-state index contributed by atoms with van der Waals surface area (Å²) in [6.07, 6.45) is 5.44. The molecule has 1 aromatic rings. The lowest BCUT2D eigenvalue weighted by Gasteiger charge is -2.35. The van der Waals surface area contributed by atoms with Crippen LogP contribution in [0.4, 0.5) is 0 Å². The van der Waals surface area contributed by atoms with E-state index in [-0.39, 0.29) is 0 Å². The molecule has 0 aromatic heterocycles. The summed E-state index contributed by atoms with van der Waals surface area (Å²) >= 11 is 9.57. The molecule has 1 aromatic carbocycles. The molecular weight excluding hydrogens is 322 g/mol. The molecule has 1 fully saturated rings. The van der Waals surface area contributed by atoms with Crippen LogP contribution in [0.5, 0.6) is 0 Å². The van der Waals surface area contributed by atoms with Crippen molar-refractivity contribution in [2.24, 2.45) is 11.8 Å². The van der Waals surface area contributed by atoms with Gasteiger partial charge in [-0.05, 0) is 58.3 Å². The Kier molecular flexibility index (Phi) is 5.73. The Bertz CT molecular complexity index is 419. The number of benzene rings is 1. The number of halogens is 2. The first-order valence-corrected chi connectivity index (χ1v) is 8.42. The van der Waals surface area contributed by atoms with Crippen molar-refractivity contribution in [2.45, 2.75) is 52.1 Å². The Labute approximate surface area is 130 Å². The van der Waals surface area contributed by atoms with E-state index in [9.17, 15) is 0 Å². The maximum Gasteiger partial charge on any atom is 0.0551 e. The van der Waals surface area contributed by atoms with Crippen LogP contribution in [0.25, 0.3) is 0 Å². The molecule has 2 rings (SSSR count). The van der Waals surface area contributed by atoms with E-state index in [0.29, 0.717) is 6.04 Å². The van der Waals surface area contributed by atoms with Crippen LogP contribution in [0.15, 0.2) is 22.7 Å². The van der Waals surface area contributed by atoms with Crippen molar-refractivity contribution in [3.05, 3.63) is 33.3 Å². The van der Waals surface area contributed by atoms with Crippen molar-refractivity contribution in [1.82, 2.24) is 5.32 Å². The highest BCUT2D eigenvalue weighted by molar-refractivity contribution is 9.10. The fourth-order valence-corrected chi connectivity index (χ4v) is 3.56. The van der Waals surface area contributed by atoms with Gasteiger partial charge in [0, 0.05) is 17.1 Å². The van der Waals surface area contributed by atoms with E-state index in [1.165, 1.54) is 31.2 Å². The van der Waals surface area contributed by atoms with Gasteiger partial charge in [-0.15, -0.1) is 0 Å². The molecule has 0 saturated heterocycles. The van der Waals surface area contributed by atoms with E-state index in [4.69, 9.17) is 11.6 Å². The highest BCUT2D eigenvalue weighted by Crippen LogP contribution is 2.30. The van der Waals surface area contributed by atoms with E-state index < -0.39 is 0 Å². The molecular formula is C16H23BrClN. The van der Waals surface area contributed by atoms with Gasteiger partial charge in [0.2, 0.25) is 0 Å².